The molecule has 0 aliphatic rings. The molecular formula is C24H21N5. The predicted molar refractivity (Wildman–Crippen MR) is 116 cm³/mol. The highest BCUT2D eigenvalue weighted by Crippen LogP contribution is 2.31. The van der Waals surface area contributed by atoms with Crippen LogP contribution in [0.3, 0.4) is 0 Å². The van der Waals surface area contributed by atoms with Crippen LogP contribution in [0.5, 0.6) is 0 Å². The van der Waals surface area contributed by atoms with E-state index in [9.17, 15) is 0 Å². The summed E-state index contributed by atoms with van der Waals surface area (Å²) in [5, 5.41) is 8.70. The molecular weight excluding hydrogens is 358 g/mol. The zero-order valence-corrected chi connectivity index (χ0v) is 16.7. The van der Waals surface area contributed by atoms with Crippen molar-refractivity contribution in [2.75, 3.05) is 0 Å². The minimum Gasteiger partial charge on any atom is -0.297 e. The maximum atomic E-state index is 4.91. The van der Waals surface area contributed by atoms with Gasteiger partial charge in [0.15, 0.2) is 5.82 Å². The Morgan fingerprint density at radius 2 is 1.48 bits per heavy atom. The third-order valence-electron chi connectivity index (χ3n) is 5.34. The van der Waals surface area contributed by atoms with Gasteiger partial charge in [-0.05, 0) is 56.2 Å². The fourth-order valence-electron chi connectivity index (χ4n) is 4.07. The van der Waals surface area contributed by atoms with Crippen LogP contribution in [-0.2, 0) is 0 Å². The molecule has 0 spiro atoms. The van der Waals surface area contributed by atoms with Crippen molar-refractivity contribution in [1.82, 2.24) is 24.3 Å². The van der Waals surface area contributed by atoms with Gasteiger partial charge in [-0.15, -0.1) is 10.2 Å². The molecule has 2 aromatic heterocycles. The summed E-state index contributed by atoms with van der Waals surface area (Å²) in [6.07, 6.45) is 1.78. The van der Waals surface area contributed by atoms with Gasteiger partial charge in [-0.1, -0.05) is 42.5 Å². The quantitative estimate of drug-likeness (QED) is 0.433. The van der Waals surface area contributed by atoms with Crippen LogP contribution in [0.1, 0.15) is 17.0 Å². The van der Waals surface area contributed by atoms with Crippen LogP contribution >= 0.6 is 0 Å². The van der Waals surface area contributed by atoms with Crippen LogP contribution in [0.4, 0.5) is 0 Å². The van der Waals surface area contributed by atoms with Crippen LogP contribution in [-0.4, -0.2) is 24.3 Å². The van der Waals surface area contributed by atoms with Gasteiger partial charge in [0.25, 0.3) is 0 Å². The average Bonchev–Trinajstić information content (AvgIpc) is 3.32. The van der Waals surface area contributed by atoms with E-state index in [1.54, 1.807) is 6.33 Å². The molecule has 0 fully saturated rings. The Morgan fingerprint density at radius 3 is 2.24 bits per heavy atom. The van der Waals surface area contributed by atoms with E-state index in [1.807, 2.05) is 25.1 Å². The minimum absolute atomic E-state index is 0.797. The van der Waals surface area contributed by atoms with Crippen LogP contribution < -0.4 is 0 Å². The molecule has 0 atom stereocenters. The van der Waals surface area contributed by atoms with Gasteiger partial charge in [0.1, 0.15) is 17.7 Å². The molecule has 5 rings (SSSR count). The Balaban J connectivity index is 1.76. The summed E-state index contributed by atoms with van der Waals surface area (Å²) in [5.41, 5.74) is 7.54. The predicted octanol–water partition coefficient (Wildman–Crippen LogP) is 5.20. The first-order valence-corrected chi connectivity index (χ1v) is 9.65. The third kappa shape index (κ3) is 2.74. The second-order valence-electron chi connectivity index (χ2n) is 7.27. The summed E-state index contributed by atoms with van der Waals surface area (Å²) >= 11 is 0. The number of hydrogen-bond acceptors (Lipinski definition) is 3. The Kier molecular flexibility index (Phi) is 4.02. The lowest BCUT2D eigenvalue weighted by Gasteiger charge is -2.13. The van der Waals surface area contributed by atoms with Crippen molar-refractivity contribution in [3.05, 3.63) is 90.0 Å². The molecule has 0 unspecified atom stereocenters. The first-order valence-electron chi connectivity index (χ1n) is 9.65. The summed E-state index contributed by atoms with van der Waals surface area (Å²) in [6, 6.07) is 22.8. The standard InChI is InChI=1S/C24H21N5/c1-16-9-7-10-17(2)23(16)28-15-25-27-24(28)20-13-8-14-21-22(20)26-18(3)29(21)19-11-5-4-6-12-19/h4-15H,1-3H3. The molecule has 0 amide bonds. The van der Waals surface area contributed by atoms with Crippen molar-refractivity contribution < 1.29 is 0 Å². The number of hydrogen-bond donors (Lipinski definition) is 0. The van der Waals surface area contributed by atoms with Crippen molar-refractivity contribution in [1.29, 1.82) is 0 Å². The fraction of sp³-hybridized carbons (Fsp3) is 0.125. The van der Waals surface area contributed by atoms with E-state index in [2.05, 4.69) is 81.7 Å². The number of fused-ring (bicyclic) bond motifs is 1. The topological polar surface area (TPSA) is 48.5 Å². The summed E-state index contributed by atoms with van der Waals surface area (Å²) in [4.78, 5) is 4.91. The van der Waals surface area contributed by atoms with Gasteiger partial charge in [0.2, 0.25) is 0 Å². The maximum Gasteiger partial charge on any atom is 0.170 e. The highest BCUT2D eigenvalue weighted by Gasteiger charge is 2.18. The molecule has 5 heteroatoms. The fourth-order valence-corrected chi connectivity index (χ4v) is 4.07. The van der Waals surface area contributed by atoms with Crippen molar-refractivity contribution in [2.45, 2.75) is 20.8 Å². The number of benzene rings is 3. The molecule has 5 aromatic rings. The summed E-state index contributed by atoms with van der Waals surface area (Å²) < 4.78 is 4.24. The lowest BCUT2D eigenvalue weighted by atomic mass is 10.1. The van der Waals surface area contributed by atoms with Gasteiger partial charge < -0.3 is 0 Å². The molecule has 0 aliphatic carbocycles. The number of rotatable bonds is 3. The van der Waals surface area contributed by atoms with E-state index in [0.717, 1.165) is 39.6 Å². The molecule has 0 saturated heterocycles. The molecule has 0 saturated carbocycles. The van der Waals surface area contributed by atoms with Gasteiger partial charge in [0.05, 0.1) is 11.2 Å². The first-order chi connectivity index (χ1) is 14.1. The Labute approximate surface area is 169 Å². The lowest BCUT2D eigenvalue weighted by Crippen LogP contribution is -2.02. The Bertz CT molecular complexity index is 1310. The van der Waals surface area contributed by atoms with E-state index in [1.165, 1.54) is 11.1 Å². The molecule has 0 aliphatic heterocycles. The van der Waals surface area contributed by atoms with Crippen molar-refractivity contribution in [3.8, 4) is 22.8 Å². The summed E-state index contributed by atoms with van der Waals surface area (Å²) in [7, 11) is 0. The van der Waals surface area contributed by atoms with Crippen LogP contribution in [0, 0.1) is 20.8 Å². The van der Waals surface area contributed by atoms with Gasteiger partial charge in [-0.25, -0.2) is 4.98 Å². The SMILES string of the molecule is Cc1cccc(C)c1-n1cnnc1-c1cccc2c1nc(C)n2-c1ccccc1. The smallest absolute Gasteiger partial charge is 0.170 e. The number of aromatic nitrogens is 5. The zero-order valence-electron chi connectivity index (χ0n) is 16.7. The Morgan fingerprint density at radius 1 is 0.759 bits per heavy atom. The van der Waals surface area contributed by atoms with Gasteiger partial charge in [-0.2, -0.15) is 0 Å². The van der Waals surface area contributed by atoms with Crippen LogP contribution in [0.2, 0.25) is 0 Å². The molecule has 0 radical (unpaired) electrons. The first kappa shape index (κ1) is 17.4. The summed E-state index contributed by atoms with van der Waals surface area (Å²) in [5.74, 6) is 1.74. The third-order valence-corrected chi connectivity index (χ3v) is 5.34. The van der Waals surface area contributed by atoms with Crippen molar-refractivity contribution in [2.24, 2.45) is 0 Å². The van der Waals surface area contributed by atoms with Crippen molar-refractivity contribution in [3.63, 3.8) is 0 Å². The Hall–Kier alpha value is -3.73. The number of aryl methyl sites for hydroxylation is 3. The van der Waals surface area contributed by atoms with E-state index in [4.69, 9.17) is 4.98 Å². The molecule has 29 heavy (non-hydrogen) atoms. The molecule has 2 heterocycles. The average molecular weight is 379 g/mol. The highest BCUT2D eigenvalue weighted by atomic mass is 15.3. The molecule has 0 N–H and O–H groups in total. The largest absolute Gasteiger partial charge is 0.297 e. The second kappa shape index (κ2) is 6.71. The van der Waals surface area contributed by atoms with Crippen LogP contribution in [0.15, 0.2) is 73.1 Å². The van der Waals surface area contributed by atoms with E-state index >= 15 is 0 Å². The monoisotopic (exact) mass is 379 g/mol. The lowest BCUT2D eigenvalue weighted by molar-refractivity contribution is 1.00. The normalized spacial score (nSPS) is 11.3. The maximum absolute atomic E-state index is 4.91. The van der Waals surface area contributed by atoms with Crippen molar-refractivity contribution >= 4 is 11.0 Å². The molecule has 142 valence electrons. The van der Waals surface area contributed by atoms with Gasteiger partial charge in [-0.3, -0.25) is 9.13 Å². The van der Waals surface area contributed by atoms with Gasteiger partial charge in [0, 0.05) is 11.3 Å². The molecule has 5 nitrogen and oxygen atoms in total. The van der Waals surface area contributed by atoms with E-state index < -0.39 is 0 Å². The molecule has 0 bridgehead atoms. The second-order valence-corrected chi connectivity index (χ2v) is 7.27. The van der Waals surface area contributed by atoms with E-state index in [0.29, 0.717) is 0 Å². The number of imidazole rings is 1. The zero-order chi connectivity index (χ0) is 20.0. The van der Waals surface area contributed by atoms with E-state index in [-0.39, 0.29) is 0 Å². The summed E-state index contributed by atoms with van der Waals surface area (Å²) in [6.45, 7) is 6.26. The highest BCUT2D eigenvalue weighted by molar-refractivity contribution is 5.92. The van der Waals surface area contributed by atoms with Crippen LogP contribution in [0.25, 0.3) is 33.8 Å². The molecule has 3 aromatic carbocycles. The number of nitrogens with zero attached hydrogens (tertiary/aromatic N) is 5. The van der Waals surface area contributed by atoms with Gasteiger partial charge >= 0.3 is 0 Å². The minimum atomic E-state index is 0.797. The number of para-hydroxylation sites is 3.